The van der Waals surface area contributed by atoms with Gasteiger partial charge in [-0.2, -0.15) is 0 Å². The maximum Gasteiger partial charge on any atom is 0.352 e. The van der Waals surface area contributed by atoms with Crippen LogP contribution in [0.5, 0.6) is 0 Å². The number of carboxylic acid groups (broad SMARTS) is 1. The minimum atomic E-state index is -1.09. The first kappa shape index (κ1) is 14.3. The quantitative estimate of drug-likeness (QED) is 0.801. The predicted octanol–water partition coefficient (Wildman–Crippen LogP) is 0.687. The van der Waals surface area contributed by atoms with Crippen LogP contribution in [0, 0.1) is 0 Å². The van der Waals surface area contributed by atoms with E-state index in [-0.39, 0.29) is 30.0 Å². The highest BCUT2D eigenvalue weighted by atomic mass is 16.4. The van der Waals surface area contributed by atoms with E-state index >= 15 is 0 Å². The van der Waals surface area contributed by atoms with Gasteiger partial charge in [0.2, 0.25) is 5.91 Å². The fraction of sp³-hybridized carbons (Fsp3) is 0.312. The number of hydrogen-bond donors (Lipinski definition) is 2. The average molecular weight is 300 g/mol. The summed E-state index contributed by atoms with van der Waals surface area (Å²) < 4.78 is 0. The molecule has 114 valence electrons. The lowest BCUT2D eigenvalue weighted by Crippen LogP contribution is -2.68. The molecule has 3 rings (SSSR count). The monoisotopic (exact) mass is 300 g/mol. The number of fused-ring (bicyclic) bond motifs is 1. The van der Waals surface area contributed by atoms with Crippen molar-refractivity contribution in [3.8, 4) is 0 Å². The van der Waals surface area contributed by atoms with Gasteiger partial charge in [0.25, 0.3) is 5.91 Å². The minimum Gasteiger partial charge on any atom is -0.477 e. The molecule has 0 aromatic heterocycles. The molecule has 1 aromatic rings. The van der Waals surface area contributed by atoms with Crippen molar-refractivity contribution in [1.29, 1.82) is 0 Å². The van der Waals surface area contributed by atoms with E-state index in [0.717, 1.165) is 5.56 Å². The van der Waals surface area contributed by atoms with E-state index in [1.165, 1.54) is 4.90 Å². The molecule has 2 heterocycles. The first-order valence-corrected chi connectivity index (χ1v) is 7.08. The van der Waals surface area contributed by atoms with Crippen molar-refractivity contribution in [3.63, 3.8) is 0 Å². The fourth-order valence-electron chi connectivity index (χ4n) is 3.10. The number of carboxylic acids is 1. The Morgan fingerprint density at radius 2 is 2.00 bits per heavy atom. The van der Waals surface area contributed by atoms with Gasteiger partial charge < -0.3 is 10.4 Å². The van der Waals surface area contributed by atoms with E-state index in [4.69, 9.17) is 5.11 Å². The third kappa shape index (κ3) is 2.26. The van der Waals surface area contributed by atoms with Crippen molar-refractivity contribution >= 4 is 17.8 Å². The Balaban J connectivity index is 1.64. The third-order valence-corrected chi connectivity index (χ3v) is 4.11. The lowest BCUT2D eigenvalue weighted by molar-refractivity contribution is -0.152. The molecule has 1 aromatic carbocycles. The largest absolute Gasteiger partial charge is 0.477 e. The summed E-state index contributed by atoms with van der Waals surface area (Å²) >= 11 is 0. The van der Waals surface area contributed by atoms with Gasteiger partial charge in [0.05, 0.1) is 12.5 Å². The number of nitrogens with one attached hydrogen (secondary N) is 1. The van der Waals surface area contributed by atoms with Gasteiger partial charge in [-0.15, -0.1) is 0 Å². The lowest BCUT2D eigenvalue weighted by Gasteiger charge is -2.43. The highest BCUT2D eigenvalue weighted by molar-refractivity contribution is 6.02. The van der Waals surface area contributed by atoms with Crippen LogP contribution >= 0.6 is 0 Å². The van der Waals surface area contributed by atoms with Crippen molar-refractivity contribution < 1.29 is 19.5 Å². The molecule has 2 aliphatic rings. The lowest BCUT2D eigenvalue weighted by atomic mass is 9.94. The second-order valence-electron chi connectivity index (χ2n) is 5.62. The summed E-state index contributed by atoms with van der Waals surface area (Å²) in [4.78, 5) is 36.6. The number of rotatable bonds is 4. The number of amides is 2. The molecule has 22 heavy (non-hydrogen) atoms. The summed E-state index contributed by atoms with van der Waals surface area (Å²) in [5.41, 5.74) is 1.60. The smallest absolute Gasteiger partial charge is 0.352 e. The van der Waals surface area contributed by atoms with Crippen LogP contribution in [-0.2, 0) is 20.8 Å². The Bertz CT molecular complexity index is 681. The third-order valence-electron chi connectivity index (χ3n) is 4.11. The summed E-state index contributed by atoms with van der Waals surface area (Å²) in [7, 11) is 0. The van der Waals surface area contributed by atoms with Crippen LogP contribution in [0.2, 0.25) is 0 Å². The van der Waals surface area contributed by atoms with Crippen molar-refractivity contribution in [2.45, 2.75) is 31.8 Å². The normalized spacial score (nSPS) is 23.1. The fourth-order valence-corrected chi connectivity index (χ4v) is 3.10. The predicted molar refractivity (Wildman–Crippen MR) is 77.7 cm³/mol. The van der Waals surface area contributed by atoms with Crippen LogP contribution in [0.25, 0.3) is 0 Å². The SMILES string of the molecule is CC1=C(C(=O)O)N2C(=O)C(NC(=O)Cc3ccccc3)[C@H]2C1. The summed E-state index contributed by atoms with van der Waals surface area (Å²) in [5.74, 6) is -1.67. The standard InChI is InChI=1S/C16H16N2O4/c1-9-7-11-13(15(20)18(11)14(9)16(21)22)17-12(19)8-10-5-3-2-4-6-10/h2-6,11,13H,7-8H2,1H3,(H,17,19)(H,21,22)/t11-,13?/m1/s1. The molecule has 1 fully saturated rings. The molecule has 1 saturated heterocycles. The molecule has 2 amide bonds. The summed E-state index contributed by atoms with van der Waals surface area (Å²) in [6, 6.07) is 8.37. The number of nitrogens with zero attached hydrogens (tertiary/aromatic N) is 1. The van der Waals surface area contributed by atoms with Gasteiger partial charge in [-0.05, 0) is 24.5 Å². The molecule has 2 atom stereocenters. The molecule has 0 spiro atoms. The highest BCUT2D eigenvalue weighted by Crippen LogP contribution is 2.38. The van der Waals surface area contributed by atoms with Gasteiger partial charge in [0.1, 0.15) is 11.7 Å². The summed E-state index contributed by atoms with van der Waals surface area (Å²) in [6.07, 6.45) is 0.694. The van der Waals surface area contributed by atoms with Crippen LogP contribution in [0.4, 0.5) is 0 Å². The number of carbonyl (C=O) groups is 3. The number of benzene rings is 1. The molecule has 0 saturated carbocycles. The van der Waals surface area contributed by atoms with E-state index in [1.807, 2.05) is 30.3 Å². The van der Waals surface area contributed by atoms with E-state index < -0.39 is 12.0 Å². The number of aliphatic carboxylic acids is 1. The van der Waals surface area contributed by atoms with Crippen molar-refractivity contribution in [2.24, 2.45) is 0 Å². The summed E-state index contributed by atoms with van der Waals surface area (Å²) in [6.45, 7) is 1.71. The second-order valence-corrected chi connectivity index (χ2v) is 5.62. The van der Waals surface area contributed by atoms with Crippen LogP contribution in [-0.4, -0.2) is 39.9 Å². The van der Waals surface area contributed by atoms with Gasteiger partial charge in [-0.1, -0.05) is 30.3 Å². The minimum absolute atomic E-state index is 0.0589. The topological polar surface area (TPSA) is 86.7 Å². The van der Waals surface area contributed by atoms with Crippen molar-refractivity contribution in [3.05, 3.63) is 47.2 Å². The molecule has 2 aliphatic heterocycles. The Kier molecular flexibility index (Phi) is 3.44. The van der Waals surface area contributed by atoms with Gasteiger partial charge in [-0.25, -0.2) is 4.79 Å². The van der Waals surface area contributed by atoms with Gasteiger partial charge in [0.15, 0.2) is 0 Å². The molecule has 2 N–H and O–H groups in total. The Morgan fingerprint density at radius 3 is 2.64 bits per heavy atom. The molecule has 0 bridgehead atoms. The first-order chi connectivity index (χ1) is 10.5. The summed E-state index contributed by atoms with van der Waals surface area (Å²) in [5, 5.41) is 11.9. The maximum atomic E-state index is 12.1. The zero-order chi connectivity index (χ0) is 15.9. The van der Waals surface area contributed by atoms with Crippen molar-refractivity contribution in [2.75, 3.05) is 0 Å². The molecule has 6 heteroatoms. The number of hydrogen-bond acceptors (Lipinski definition) is 3. The van der Waals surface area contributed by atoms with Crippen LogP contribution in [0.1, 0.15) is 18.9 Å². The molecule has 6 nitrogen and oxygen atoms in total. The maximum absolute atomic E-state index is 12.1. The second kappa shape index (κ2) is 5.29. The Labute approximate surface area is 127 Å². The molecule has 1 unspecified atom stereocenters. The van der Waals surface area contributed by atoms with E-state index in [0.29, 0.717) is 12.0 Å². The van der Waals surface area contributed by atoms with Crippen LogP contribution < -0.4 is 5.32 Å². The molecule has 0 aliphatic carbocycles. The zero-order valence-electron chi connectivity index (χ0n) is 12.1. The first-order valence-electron chi connectivity index (χ1n) is 7.08. The number of β-lactam (4-membered cyclic amide) rings is 1. The average Bonchev–Trinajstić information content (AvgIpc) is 2.80. The molecular weight excluding hydrogens is 284 g/mol. The van der Waals surface area contributed by atoms with Gasteiger partial charge >= 0.3 is 5.97 Å². The van der Waals surface area contributed by atoms with Gasteiger partial charge in [0, 0.05) is 0 Å². The Hall–Kier alpha value is -2.63. The highest BCUT2D eigenvalue weighted by Gasteiger charge is 2.54. The van der Waals surface area contributed by atoms with Crippen LogP contribution in [0.3, 0.4) is 0 Å². The van der Waals surface area contributed by atoms with Crippen molar-refractivity contribution in [1.82, 2.24) is 10.2 Å². The van der Waals surface area contributed by atoms with E-state index in [9.17, 15) is 14.4 Å². The zero-order valence-corrected chi connectivity index (χ0v) is 12.1. The van der Waals surface area contributed by atoms with Gasteiger partial charge in [-0.3, -0.25) is 14.5 Å². The molecular formula is C16H16N2O4. The molecule has 0 radical (unpaired) electrons. The van der Waals surface area contributed by atoms with Crippen LogP contribution in [0.15, 0.2) is 41.6 Å². The van der Waals surface area contributed by atoms with E-state index in [1.54, 1.807) is 6.92 Å². The Morgan fingerprint density at radius 1 is 1.32 bits per heavy atom. The van der Waals surface area contributed by atoms with E-state index in [2.05, 4.69) is 5.32 Å². The number of carbonyl (C=O) groups excluding carboxylic acids is 2.